The van der Waals surface area contributed by atoms with Gasteiger partial charge < -0.3 is 24.1 Å². The molecule has 3 aromatic rings. The molecule has 33 heavy (non-hydrogen) atoms. The molecule has 1 heterocycles. The van der Waals surface area contributed by atoms with Crippen LogP contribution in [0.3, 0.4) is 0 Å². The number of aromatic nitrogens is 3. The van der Waals surface area contributed by atoms with E-state index >= 15 is 0 Å². The minimum atomic E-state index is -0.328. The van der Waals surface area contributed by atoms with Crippen molar-refractivity contribution in [2.45, 2.75) is 44.6 Å². The maximum Gasteiger partial charge on any atom is 0.230 e. The van der Waals surface area contributed by atoms with Gasteiger partial charge in [0, 0.05) is 18.7 Å². The number of benzene rings is 2. The number of carbonyl (C=O) groups excluding carboxylic acids is 1. The van der Waals surface area contributed by atoms with Gasteiger partial charge in [0.05, 0.1) is 20.0 Å². The van der Waals surface area contributed by atoms with Crippen molar-refractivity contribution in [1.82, 2.24) is 20.1 Å². The summed E-state index contributed by atoms with van der Waals surface area (Å²) in [5, 5.41) is 12.3. The van der Waals surface area contributed by atoms with E-state index in [1.165, 1.54) is 11.8 Å². The smallest absolute Gasteiger partial charge is 0.230 e. The third-order valence-corrected chi connectivity index (χ3v) is 5.85. The third-order valence-electron chi connectivity index (χ3n) is 4.91. The number of hydrogen-bond acceptors (Lipinski definition) is 7. The van der Waals surface area contributed by atoms with E-state index in [-0.39, 0.29) is 23.8 Å². The number of rotatable bonds is 11. The van der Waals surface area contributed by atoms with E-state index in [1.807, 2.05) is 60.0 Å². The molecule has 0 spiro atoms. The van der Waals surface area contributed by atoms with Gasteiger partial charge in [-0.05, 0) is 50.6 Å². The van der Waals surface area contributed by atoms with Crippen LogP contribution in [-0.4, -0.2) is 40.6 Å². The van der Waals surface area contributed by atoms with Crippen molar-refractivity contribution in [3.05, 3.63) is 59.9 Å². The van der Waals surface area contributed by atoms with Crippen molar-refractivity contribution < 1.29 is 19.0 Å². The van der Waals surface area contributed by atoms with Crippen LogP contribution in [0.15, 0.2) is 53.7 Å². The molecule has 1 unspecified atom stereocenters. The molecule has 0 bridgehead atoms. The molecule has 0 aliphatic carbocycles. The predicted molar refractivity (Wildman–Crippen MR) is 128 cm³/mol. The van der Waals surface area contributed by atoms with Crippen molar-refractivity contribution in [3.8, 4) is 17.2 Å². The highest BCUT2D eigenvalue weighted by molar-refractivity contribution is 7.99. The van der Waals surface area contributed by atoms with Gasteiger partial charge in [-0.15, -0.1) is 10.2 Å². The number of hydrogen-bond donors (Lipinski definition) is 1. The number of thioether (sulfide) groups is 1. The summed E-state index contributed by atoms with van der Waals surface area (Å²) in [6, 6.07) is 15.1. The summed E-state index contributed by atoms with van der Waals surface area (Å²) in [7, 11) is 3.25. The molecular formula is C24H30N4O4S. The van der Waals surface area contributed by atoms with Crippen molar-refractivity contribution in [2.24, 2.45) is 0 Å². The van der Waals surface area contributed by atoms with E-state index in [9.17, 15) is 4.79 Å². The molecule has 0 fully saturated rings. The molecule has 0 aliphatic rings. The number of amides is 1. The van der Waals surface area contributed by atoms with Gasteiger partial charge in [-0.3, -0.25) is 4.79 Å². The summed E-state index contributed by atoms with van der Waals surface area (Å²) in [4.78, 5) is 12.4. The third kappa shape index (κ3) is 6.64. The Hall–Kier alpha value is -3.20. The molecule has 1 aromatic heterocycles. The largest absolute Gasteiger partial charge is 0.497 e. The molecule has 176 valence electrons. The van der Waals surface area contributed by atoms with Crippen molar-refractivity contribution in [1.29, 1.82) is 0 Å². The summed E-state index contributed by atoms with van der Waals surface area (Å²) in [6.07, 6.45) is -0.328. The lowest BCUT2D eigenvalue weighted by Gasteiger charge is -2.19. The second kappa shape index (κ2) is 11.6. The van der Waals surface area contributed by atoms with Gasteiger partial charge in [0.2, 0.25) is 5.91 Å². The van der Waals surface area contributed by atoms with Gasteiger partial charge in [0.1, 0.15) is 17.2 Å². The first-order valence-electron chi connectivity index (χ1n) is 10.7. The Kier molecular flexibility index (Phi) is 8.59. The Bertz CT molecular complexity index is 1050. The summed E-state index contributed by atoms with van der Waals surface area (Å²) in [6.45, 7) is 6.49. The first kappa shape index (κ1) is 24.4. The Morgan fingerprint density at radius 3 is 2.36 bits per heavy atom. The number of methoxy groups -OCH3 is 2. The van der Waals surface area contributed by atoms with Crippen LogP contribution in [0.5, 0.6) is 17.2 Å². The Balaban J connectivity index is 1.60. The van der Waals surface area contributed by atoms with Crippen molar-refractivity contribution in [3.63, 3.8) is 0 Å². The average Bonchev–Trinajstić information content (AvgIpc) is 3.26. The van der Waals surface area contributed by atoms with E-state index < -0.39 is 0 Å². The van der Waals surface area contributed by atoms with Crippen LogP contribution in [0.1, 0.15) is 44.3 Å². The molecule has 0 saturated heterocycles. The second-order valence-electron chi connectivity index (χ2n) is 7.66. The fourth-order valence-corrected chi connectivity index (χ4v) is 4.11. The Morgan fingerprint density at radius 2 is 1.70 bits per heavy atom. The highest BCUT2D eigenvalue weighted by Gasteiger charge is 2.22. The van der Waals surface area contributed by atoms with Crippen LogP contribution in [0, 0.1) is 0 Å². The minimum absolute atomic E-state index is 0.0728. The minimum Gasteiger partial charge on any atom is -0.497 e. The fraction of sp³-hybridized carbons (Fsp3) is 0.375. The van der Waals surface area contributed by atoms with Gasteiger partial charge in [-0.1, -0.05) is 30.0 Å². The highest BCUT2D eigenvalue weighted by Crippen LogP contribution is 2.28. The molecule has 8 nitrogen and oxygen atoms in total. The van der Waals surface area contributed by atoms with Crippen LogP contribution in [0.25, 0.3) is 0 Å². The fourth-order valence-electron chi connectivity index (χ4n) is 3.21. The predicted octanol–water partition coefficient (Wildman–Crippen LogP) is 4.42. The lowest BCUT2D eigenvalue weighted by Crippen LogP contribution is -2.24. The molecule has 0 aliphatic heterocycles. The second-order valence-corrected chi connectivity index (χ2v) is 8.60. The van der Waals surface area contributed by atoms with Crippen LogP contribution < -0.4 is 19.5 Å². The molecular weight excluding hydrogens is 440 g/mol. The summed E-state index contributed by atoms with van der Waals surface area (Å²) >= 11 is 1.36. The standard InChI is InChI=1S/C24H30N4O4S/c1-16(2)28-23(17(3)32-21-8-6-7-20(13-21)31-5)26-27-24(28)33-15-22(29)25-14-18-9-11-19(30-4)12-10-18/h6-13,16-17H,14-15H2,1-5H3,(H,25,29). The van der Waals surface area contributed by atoms with Crippen LogP contribution in [0.2, 0.25) is 0 Å². The van der Waals surface area contributed by atoms with Gasteiger partial charge in [0.15, 0.2) is 17.1 Å². The number of nitrogens with one attached hydrogen (secondary N) is 1. The SMILES string of the molecule is COc1ccc(CNC(=O)CSc2nnc(C(C)Oc3cccc(OC)c3)n2C(C)C)cc1. The number of ether oxygens (including phenoxy) is 3. The first-order chi connectivity index (χ1) is 15.9. The van der Waals surface area contributed by atoms with Crippen LogP contribution >= 0.6 is 11.8 Å². The van der Waals surface area contributed by atoms with Gasteiger partial charge in [0.25, 0.3) is 0 Å². The van der Waals surface area contributed by atoms with Crippen molar-refractivity contribution in [2.75, 3.05) is 20.0 Å². The monoisotopic (exact) mass is 470 g/mol. The zero-order valence-corrected chi connectivity index (χ0v) is 20.4. The van der Waals surface area contributed by atoms with E-state index in [2.05, 4.69) is 29.4 Å². The lowest BCUT2D eigenvalue weighted by atomic mass is 10.2. The molecule has 9 heteroatoms. The maximum absolute atomic E-state index is 12.4. The molecule has 1 atom stereocenters. The van der Waals surface area contributed by atoms with Crippen molar-refractivity contribution >= 4 is 17.7 Å². The lowest BCUT2D eigenvalue weighted by molar-refractivity contribution is -0.118. The van der Waals surface area contributed by atoms with Crippen LogP contribution in [-0.2, 0) is 11.3 Å². The summed E-state index contributed by atoms with van der Waals surface area (Å²) in [5.74, 6) is 3.07. The van der Waals surface area contributed by atoms with Gasteiger partial charge in [-0.2, -0.15) is 0 Å². The molecule has 1 amide bonds. The zero-order valence-electron chi connectivity index (χ0n) is 19.6. The molecule has 2 aromatic carbocycles. The summed E-state index contributed by atoms with van der Waals surface area (Å²) < 4.78 is 18.5. The topological polar surface area (TPSA) is 87.5 Å². The normalized spacial score (nSPS) is 11.8. The molecule has 3 rings (SSSR count). The Labute approximate surface area is 198 Å². The van der Waals surface area contributed by atoms with E-state index in [1.54, 1.807) is 14.2 Å². The van der Waals surface area contributed by atoms with Gasteiger partial charge in [-0.25, -0.2) is 0 Å². The first-order valence-corrected chi connectivity index (χ1v) is 11.7. The highest BCUT2D eigenvalue weighted by atomic mass is 32.2. The average molecular weight is 471 g/mol. The number of nitrogens with zero attached hydrogens (tertiary/aromatic N) is 3. The quantitative estimate of drug-likeness (QED) is 0.415. The molecule has 0 radical (unpaired) electrons. The zero-order chi connectivity index (χ0) is 23.8. The molecule has 0 saturated carbocycles. The molecule has 1 N–H and O–H groups in total. The number of carbonyl (C=O) groups is 1. The van der Waals surface area contributed by atoms with Crippen LogP contribution in [0.4, 0.5) is 0 Å². The van der Waals surface area contributed by atoms with E-state index in [0.717, 1.165) is 17.1 Å². The van der Waals surface area contributed by atoms with Gasteiger partial charge >= 0.3 is 0 Å². The maximum atomic E-state index is 12.4. The Morgan fingerprint density at radius 1 is 1.00 bits per heavy atom. The van der Waals surface area contributed by atoms with E-state index in [0.29, 0.717) is 23.3 Å². The van der Waals surface area contributed by atoms with E-state index in [4.69, 9.17) is 14.2 Å². The summed E-state index contributed by atoms with van der Waals surface area (Å²) in [5.41, 5.74) is 1.00.